The number of hydrogen-bond donors (Lipinski definition) is 1. The summed E-state index contributed by atoms with van der Waals surface area (Å²) in [5, 5.41) is 3.32. The maximum absolute atomic E-state index is 4.35. The average molecular weight is 231 g/mol. The highest BCUT2D eigenvalue weighted by molar-refractivity contribution is 5.47. The molecular weight excluding hydrogens is 214 g/mol. The Kier molecular flexibility index (Phi) is 3.82. The van der Waals surface area contributed by atoms with Crippen LogP contribution in [0.2, 0.25) is 0 Å². The van der Waals surface area contributed by atoms with Crippen molar-refractivity contribution >= 4 is 0 Å². The summed E-state index contributed by atoms with van der Waals surface area (Å²) in [4.78, 5) is 12.7. The minimum atomic E-state index is 0.712. The van der Waals surface area contributed by atoms with Gasteiger partial charge in [-0.3, -0.25) is 0 Å². The maximum atomic E-state index is 4.35. The molecule has 17 heavy (non-hydrogen) atoms. The quantitative estimate of drug-likeness (QED) is 0.790. The van der Waals surface area contributed by atoms with Crippen LogP contribution in [0.3, 0.4) is 0 Å². The van der Waals surface area contributed by atoms with Crippen LogP contribution < -0.4 is 5.32 Å². The first-order valence-corrected chi connectivity index (χ1v) is 5.79. The number of imidazole rings is 1. The summed E-state index contributed by atoms with van der Waals surface area (Å²) in [5.74, 6) is 0.712. The Bertz CT molecular complexity index is 460. The molecule has 2 rings (SSSR count). The van der Waals surface area contributed by atoms with Gasteiger partial charge in [-0.05, 0) is 13.0 Å². The average Bonchev–Trinajstić information content (AvgIpc) is 2.77. The fourth-order valence-electron chi connectivity index (χ4n) is 1.56. The van der Waals surface area contributed by atoms with Crippen LogP contribution in [-0.2, 0) is 13.6 Å². The van der Waals surface area contributed by atoms with Crippen molar-refractivity contribution in [2.24, 2.45) is 7.05 Å². The van der Waals surface area contributed by atoms with Crippen molar-refractivity contribution in [2.45, 2.75) is 19.9 Å². The number of aryl methyl sites for hydroxylation is 1. The minimum absolute atomic E-state index is 0.712. The molecule has 0 unspecified atom stereocenters. The zero-order chi connectivity index (χ0) is 12.1. The van der Waals surface area contributed by atoms with Crippen molar-refractivity contribution < 1.29 is 0 Å². The Labute approximate surface area is 101 Å². The van der Waals surface area contributed by atoms with Gasteiger partial charge in [-0.1, -0.05) is 6.92 Å². The van der Waals surface area contributed by atoms with Crippen LogP contribution in [0, 0.1) is 0 Å². The van der Waals surface area contributed by atoms with E-state index in [4.69, 9.17) is 0 Å². The van der Waals surface area contributed by atoms with E-state index in [0.717, 1.165) is 30.8 Å². The lowest BCUT2D eigenvalue weighted by molar-refractivity contribution is 0.672. The van der Waals surface area contributed by atoms with Crippen LogP contribution in [-0.4, -0.2) is 26.1 Å². The van der Waals surface area contributed by atoms with E-state index >= 15 is 0 Å². The SMILES string of the molecule is CCCNCc1cnc(-c2cncn2C)nc1. The van der Waals surface area contributed by atoms with Crippen LogP contribution in [0.4, 0.5) is 0 Å². The van der Waals surface area contributed by atoms with E-state index in [1.807, 2.05) is 24.0 Å². The Morgan fingerprint density at radius 3 is 2.59 bits per heavy atom. The lowest BCUT2D eigenvalue weighted by Gasteiger charge is -2.04. The van der Waals surface area contributed by atoms with E-state index in [1.165, 1.54) is 0 Å². The molecule has 0 saturated carbocycles. The zero-order valence-corrected chi connectivity index (χ0v) is 10.2. The molecule has 0 spiro atoms. The van der Waals surface area contributed by atoms with Gasteiger partial charge in [0.05, 0.1) is 12.5 Å². The molecule has 2 heterocycles. The fourth-order valence-corrected chi connectivity index (χ4v) is 1.56. The fraction of sp³-hybridized carbons (Fsp3) is 0.417. The van der Waals surface area contributed by atoms with Gasteiger partial charge in [0.25, 0.3) is 0 Å². The third-order valence-corrected chi connectivity index (χ3v) is 2.51. The first-order chi connectivity index (χ1) is 8.31. The number of nitrogens with zero attached hydrogens (tertiary/aromatic N) is 4. The van der Waals surface area contributed by atoms with Gasteiger partial charge < -0.3 is 9.88 Å². The predicted molar refractivity (Wildman–Crippen MR) is 66.2 cm³/mol. The van der Waals surface area contributed by atoms with Gasteiger partial charge in [-0.2, -0.15) is 0 Å². The number of hydrogen-bond acceptors (Lipinski definition) is 4. The molecule has 0 atom stereocenters. The van der Waals surface area contributed by atoms with E-state index in [2.05, 4.69) is 27.2 Å². The standard InChI is InChI=1S/C12H17N5/c1-3-4-13-5-10-6-15-12(16-7-10)11-8-14-9-17(11)2/h6-9,13H,3-5H2,1-2H3. The second-order valence-corrected chi connectivity index (χ2v) is 3.98. The van der Waals surface area contributed by atoms with Gasteiger partial charge in [-0.25, -0.2) is 15.0 Å². The monoisotopic (exact) mass is 231 g/mol. The van der Waals surface area contributed by atoms with E-state index in [1.54, 1.807) is 12.5 Å². The minimum Gasteiger partial charge on any atom is -0.331 e. The van der Waals surface area contributed by atoms with E-state index < -0.39 is 0 Å². The molecular formula is C12H17N5. The van der Waals surface area contributed by atoms with Crippen molar-refractivity contribution in [2.75, 3.05) is 6.54 Å². The van der Waals surface area contributed by atoms with Crippen molar-refractivity contribution in [3.8, 4) is 11.5 Å². The molecule has 0 aliphatic rings. The Morgan fingerprint density at radius 1 is 1.24 bits per heavy atom. The highest BCUT2D eigenvalue weighted by atomic mass is 15.1. The lowest BCUT2D eigenvalue weighted by Crippen LogP contribution is -2.14. The third kappa shape index (κ3) is 2.88. The highest BCUT2D eigenvalue weighted by Gasteiger charge is 2.04. The normalized spacial score (nSPS) is 10.7. The molecule has 0 bridgehead atoms. The molecule has 0 fully saturated rings. The molecule has 0 saturated heterocycles. The topological polar surface area (TPSA) is 55.6 Å². The van der Waals surface area contributed by atoms with Gasteiger partial charge in [0.15, 0.2) is 5.82 Å². The second-order valence-electron chi connectivity index (χ2n) is 3.98. The van der Waals surface area contributed by atoms with Crippen LogP contribution in [0.5, 0.6) is 0 Å². The molecule has 2 aromatic rings. The van der Waals surface area contributed by atoms with Crippen molar-refractivity contribution in [1.29, 1.82) is 0 Å². The Hall–Kier alpha value is -1.75. The molecule has 5 heteroatoms. The van der Waals surface area contributed by atoms with Gasteiger partial charge in [0.1, 0.15) is 5.69 Å². The first-order valence-electron chi connectivity index (χ1n) is 5.79. The maximum Gasteiger partial charge on any atom is 0.177 e. The zero-order valence-electron chi connectivity index (χ0n) is 10.2. The van der Waals surface area contributed by atoms with Crippen LogP contribution in [0.25, 0.3) is 11.5 Å². The van der Waals surface area contributed by atoms with Crippen molar-refractivity contribution in [1.82, 2.24) is 24.8 Å². The number of aromatic nitrogens is 4. The third-order valence-electron chi connectivity index (χ3n) is 2.51. The second kappa shape index (κ2) is 5.54. The van der Waals surface area contributed by atoms with Crippen LogP contribution >= 0.6 is 0 Å². The van der Waals surface area contributed by atoms with E-state index in [9.17, 15) is 0 Å². The lowest BCUT2D eigenvalue weighted by atomic mass is 10.3. The summed E-state index contributed by atoms with van der Waals surface area (Å²) in [6.45, 7) is 3.98. The smallest absolute Gasteiger partial charge is 0.177 e. The van der Waals surface area contributed by atoms with Gasteiger partial charge in [0.2, 0.25) is 0 Å². The van der Waals surface area contributed by atoms with Gasteiger partial charge in [-0.15, -0.1) is 0 Å². The highest BCUT2D eigenvalue weighted by Crippen LogP contribution is 2.11. The predicted octanol–water partition coefficient (Wildman–Crippen LogP) is 1.38. The largest absolute Gasteiger partial charge is 0.331 e. The van der Waals surface area contributed by atoms with Gasteiger partial charge >= 0.3 is 0 Å². The van der Waals surface area contributed by atoms with Crippen LogP contribution in [0.1, 0.15) is 18.9 Å². The van der Waals surface area contributed by atoms with E-state index in [0.29, 0.717) is 5.82 Å². The molecule has 1 N–H and O–H groups in total. The molecule has 0 aliphatic carbocycles. The van der Waals surface area contributed by atoms with Gasteiger partial charge in [0, 0.05) is 31.5 Å². The first kappa shape index (κ1) is 11.7. The summed E-state index contributed by atoms with van der Waals surface area (Å²) < 4.78 is 1.91. The summed E-state index contributed by atoms with van der Waals surface area (Å²) in [7, 11) is 1.93. The van der Waals surface area contributed by atoms with E-state index in [-0.39, 0.29) is 0 Å². The Balaban J connectivity index is 2.06. The molecule has 0 aromatic carbocycles. The molecule has 2 aromatic heterocycles. The Morgan fingerprint density at radius 2 is 2.00 bits per heavy atom. The van der Waals surface area contributed by atoms with Crippen LogP contribution in [0.15, 0.2) is 24.9 Å². The number of rotatable bonds is 5. The summed E-state index contributed by atoms with van der Waals surface area (Å²) in [5.41, 5.74) is 2.03. The summed E-state index contributed by atoms with van der Waals surface area (Å²) >= 11 is 0. The van der Waals surface area contributed by atoms with Crippen molar-refractivity contribution in [3.63, 3.8) is 0 Å². The summed E-state index contributed by atoms with van der Waals surface area (Å²) in [6, 6.07) is 0. The number of nitrogens with one attached hydrogen (secondary N) is 1. The molecule has 0 amide bonds. The summed E-state index contributed by atoms with van der Waals surface area (Å²) in [6.07, 6.45) is 8.36. The molecule has 5 nitrogen and oxygen atoms in total. The molecule has 0 radical (unpaired) electrons. The van der Waals surface area contributed by atoms with Crippen molar-refractivity contribution in [3.05, 3.63) is 30.5 Å². The molecule has 0 aliphatic heterocycles. The molecule has 90 valence electrons.